The normalized spacial score (nSPS) is 10.9. The molecule has 6 nitrogen and oxygen atoms in total. The Morgan fingerprint density at radius 3 is 2.85 bits per heavy atom. The molecule has 3 aromatic rings. The summed E-state index contributed by atoms with van der Waals surface area (Å²) >= 11 is 1.31. The highest BCUT2D eigenvalue weighted by Gasteiger charge is 2.17. The van der Waals surface area contributed by atoms with Gasteiger partial charge in [0, 0.05) is 20.6 Å². The van der Waals surface area contributed by atoms with Crippen molar-refractivity contribution in [1.29, 1.82) is 0 Å². The Morgan fingerprint density at radius 1 is 1.35 bits per heavy atom. The molecule has 0 radical (unpaired) electrons. The van der Waals surface area contributed by atoms with E-state index in [4.69, 9.17) is 4.42 Å². The standard InChI is InChI=1S/C18H19FN4O2S/c1-12-15(7-8-25-12)17-20-21-18(23(17)3)26-11-16(24)22(2)10-13-5-4-6-14(19)9-13/h4-9H,10-11H2,1-3H3. The van der Waals surface area contributed by atoms with Crippen LogP contribution in [0.4, 0.5) is 4.39 Å². The number of rotatable bonds is 6. The number of hydrogen-bond donors (Lipinski definition) is 0. The summed E-state index contributed by atoms with van der Waals surface area (Å²) in [6.07, 6.45) is 1.61. The SMILES string of the molecule is Cc1occc1-c1nnc(SCC(=O)N(C)Cc2cccc(F)c2)n1C. The lowest BCUT2D eigenvalue weighted by Crippen LogP contribution is -2.27. The quantitative estimate of drug-likeness (QED) is 0.620. The van der Waals surface area contributed by atoms with E-state index in [9.17, 15) is 9.18 Å². The zero-order chi connectivity index (χ0) is 18.7. The maximum absolute atomic E-state index is 13.2. The minimum absolute atomic E-state index is 0.0664. The highest BCUT2D eigenvalue weighted by atomic mass is 32.2. The third-order valence-electron chi connectivity index (χ3n) is 3.99. The number of halogens is 1. The van der Waals surface area contributed by atoms with Crippen LogP contribution in [0.15, 0.2) is 46.2 Å². The maximum atomic E-state index is 13.2. The molecule has 0 aliphatic heterocycles. The molecule has 0 bridgehead atoms. The van der Waals surface area contributed by atoms with Crippen LogP contribution in [0.25, 0.3) is 11.4 Å². The summed E-state index contributed by atoms with van der Waals surface area (Å²) in [6, 6.07) is 8.08. The van der Waals surface area contributed by atoms with Gasteiger partial charge in [-0.3, -0.25) is 4.79 Å². The predicted octanol–water partition coefficient (Wildman–Crippen LogP) is 3.27. The van der Waals surface area contributed by atoms with Gasteiger partial charge in [0.05, 0.1) is 17.6 Å². The van der Waals surface area contributed by atoms with E-state index in [0.29, 0.717) is 17.5 Å². The third-order valence-corrected chi connectivity index (χ3v) is 5.00. The lowest BCUT2D eigenvalue weighted by atomic mass is 10.2. The van der Waals surface area contributed by atoms with Crippen LogP contribution in [0.3, 0.4) is 0 Å². The molecule has 0 fully saturated rings. The van der Waals surface area contributed by atoms with Crippen LogP contribution >= 0.6 is 11.8 Å². The van der Waals surface area contributed by atoms with Gasteiger partial charge in [-0.2, -0.15) is 0 Å². The first kappa shape index (κ1) is 18.2. The van der Waals surface area contributed by atoms with Gasteiger partial charge in [0.15, 0.2) is 11.0 Å². The molecule has 2 aromatic heterocycles. The Balaban J connectivity index is 1.61. The van der Waals surface area contributed by atoms with E-state index in [-0.39, 0.29) is 17.5 Å². The molecule has 2 heterocycles. The number of nitrogens with zero attached hydrogens (tertiary/aromatic N) is 4. The molecule has 136 valence electrons. The molecule has 3 rings (SSSR count). The largest absolute Gasteiger partial charge is 0.469 e. The molecular weight excluding hydrogens is 355 g/mol. The van der Waals surface area contributed by atoms with E-state index in [1.807, 2.05) is 24.6 Å². The van der Waals surface area contributed by atoms with Gasteiger partial charge >= 0.3 is 0 Å². The average molecular weight is 374 g/mol. The molecule has 0 saturated heterocycles. The van der Waals surface area contributed by atoms with Crippen molar-refractivity contribution >= 4 is 17.7 Å². The molecular formula is C18H19FN4O2S. The van der Waals surface area contributed by atoms with E-state index in [1.54, 1.807) is 30.3 Å². The summed E-state index contributed by atoms with van der Waals surface area (Å²) in [4.78, 5) is 13.9. The number of thioether (sulfide) groups is 1. The van der Waals surface area contributed by atoms with Crippen molar-refractivity contribution in [3.8, 4) is 11.4 Å². The Labute approximate surface area is 155 Å². The molecule has 0 aliphatic carbocycles. The second kappa shape index (κ2) is 7.74. The van der Waals surface area contributed by atoms with Crippen molar-refractivity contribution in [1.82, 2.24) is 19.7 Å². The van der Waals surface area contributed by atoms with Gasteiger partial charge in [-0.25, -0.2) is 4.39 Å². The van der Waals surface area contributed by atoms with Gasteiger partial charge in [0.2, 0.25) is 5.91 Å². The Morgan fingerprint density at radius 2 is 2.15 bits per heavy atom. The monoisotopic (exact) mass is 374 g/mol. The van der Waals surface area contributed by atoms with Gasteiger partial charge in [-0.15, -0.1) is 10.2 Å². The fourth-order valence-electron chi connectivity index (χ4n) is 2.53. The number of aromatic nitrogens is 3. The van der Waals surface area contributed by atoms with Crippen molar-refractivity contribution in [3.63, 3.8) is 0 Å². The van der Waals surface area contributed by atoms with Crippen LogP contribution in [-0.2, 0) is 18.4 Å². The average Bonchev–Trinajstić information content (AvgIpc) is 3.18. The summed E-state index contributed by atoms with van der Waals surface area (Å²) in [7, 11) is 3.55. The van der Waals surface area contributed by atoms with Crippen molar-refractivity contribution in [3.05, 3.63) is 53.7 Å². The second-order valence-corrected chi connectivity index (χ2v) is 6.87. The van der Waals surface area contributed by atoms with Crippen molar-refractivity contribution < 1.29 is 13.6 Å². The van der Waals surface area contributed by atoms with Crippen molar-refractivity contribution in [2.45, 2.75) is 18.6 Å². The highest BCUT2D eigenvalue weighted by molar-refractivity contribution is 7.99. The summed E-state index contributed by atoms with van der Waals surface area (Å²) in [5.41, 5.74) is 1.63. The number of amides is 1. The summed E-state index contributed by atoms with van der Waals surface area (Å²) in [5, 5.41) is 8.98. The number of aryl methyl sites for hydroxylation is 1. The highest BCUT2D eigenvalue weighted by Crippen LogP contribution is 2.25. The molecule has 1 amide bonds. The van der Waals surface area contributed by atoms with E-state index < -0.39 is 0 Å². The molecule has 0 spiro atoms. The van der Waals surface area contributed by atoms with Gasteiger partial charge in [-0.05, 0) is 30.7 Å². The first-order valence-corrected chi connectivity index (χ1v) is 8.99. The number of hydrogen-bond acceptors (Lipinski definition) is 5. The minimum Gasteiger partial charge on any atom is -0.469 e. The van der Waals surface area contributed by atoms with E-state index in [1.165, 1.54) is 23.9 Å². The van der Waals surface area contributed by atoms with Crippen LogP contribution in [0.5, 0.6) is 0 Å². The lowest BCUT2D eigenvalue weighted by Gasteiger charge is -2.17. The summed E-state index contributed by atoms with van der Waals surface area (Å²) in [5.74, 6) is 1.31. The zero-order valence-corrected chi connectivity index (χ0v) is 15.6. The first-order valence-electron chi connectivity index (χ1n) is 8.00. The van der Waals surface area contributed by atoms with Gasteiger partial charge < -0.3 is 13.9 Å². The van der Waals surface area contributed by atoms with E-state index in [2.05, 4.69) is 10.2 Å². The Hall–Kier alpha value is -2.61. The molecule has 26 heavy (non-hydrogen) atoms. The maximum Gasteiger partial charge on any atom is 0.233 e. The van der Waals surface area contributed by atoms with Crippen LogP contribution < -0.4 is 0 Å². The number of benzene rings is 1. The second-order valence-electron chi connectivity index (χ2n) is 5.92. The van der Waals surface area contributed by atoms with Crippen molar-refractivity contribution in [2.24, 2.45) is 7.05 Å². The molecule has 1 aromatic carbocycles. The van der Waals surface area contributed by atoms with Crippen molar-refractivity contribution in [2.75, 3.05) is 12.8 Å². The molecule has 0 aliphatic rings. The lowest BCUT2D eigenvalue weighted by molar-refractivity contribution is -0.127. The topological polar surface area (TPSA) is 64.2 Å². The Kier molecular flexibility index (Phi) is 5.41. The molecule has 0 unspecified atom stereocenters. The molecule has 0 N–H and O–H groups in total. The zero-order valence-electron chi connectivity index (χ0n) is 14.8. The van der Waals surface area contributed by atoms with E-state index >= 15 is 0 Å². The fourth-order valence-corrected chi connectivity index (χ4v) is 3.38. The third kappa shape index (κ3) is 3.96. The minimum atomic E-state index is -0.307. The summed E-state index contributed by atoms with van der Waals surface area (Å²) in [6.45, 7) is 2.22. The molecule has 0 atom stereocenters. The van der Waals surface area contributed by atoms with Crippen LogP contribution in [0.2, 0.25) is 0 Å². The molecule has 0 saturated carbocycles. The number of carbonyl (C=O) groups excluding carboxylic acids is 1. The van der Waals surface area contributed by atoms with Crippen LogP contribution in [0, 0.1) is 12.7 Å². The smallest absolute Gasteiger partial charge is 0.233 e. The van der Waals surface area contributed by atoms with Crippen LogP contribution in [-0.4, -0.2) is 38.4 Å². The number of carbonyl (C=O) groups is 1. The fraction of sp³-hybridized carbons (Fsp3) is 0.278. The molecule has 8 heteroatoms. The van der Waals surface area contributed by atoms with Gasteiger partial charge in [0.25, 0.3) is 0 Å². The summed E-state index contributed by atoms with van der Waals surface area (Å²) < 4.78 is 20.4. The first-order chi connectivity index (χ1) is 12.5. The number of furan rings is 1. The van der Waals surface area contributed by atoms with E-state index in [0.717, 1.165) is 16.9 Å². The predicted molar refractivity (Wildman–Crippen MR) is 97.0 cm³/mol. The van der Waals surface area contributed by atoms with Gasteiger partial charge in [-0.1, -0.05) is 23.9 Å². The van der Waals surface area contributed by atoms with Gasteiger partial charge in [0.1, 0.15) is 11.6 Å². The Bertz CT molecular complexity index is 922. The van der Waals surface area contributed by atoms with Crippen LogP contribution in [0.1, 0.15) is 11.3 Å².